The minimum absolute atomic E-state index is 0.165. The van der Waals surface area contributed by atoms with E-state index in [1.165, 1.54) is 11.0 Å². The van der Waals surface area contributed by atoms with Gasteiger partial charge in [-0.2, -0.15) is 0 Å². The molecule has 114 valence electrons. The van der Waals surface area contributed by atoms with Crippen molar-refractivity contribution < 1.29 is 22.5 Å². The summed E-state index contributed by atoms with van der Waals surface area (Å²) in [5, 5.41) is 0. The molecule has 0 radical (unpaired) electrons. The second-order valence-corrected chi connectivity index (χ2v) is 5.01. The first-order valence-electron chi connectivity index (χ1n) is 6.78. The number of amides is 1. The summed E-state index contributed by atoms with van der Waals surface area (Å²) < 4.78 is 42.1. The van der Waals surface area contributed by atoms with E-state index in [1.807, 2.05) is 30.3 Å². The molecule has 1 amide bonds. The zero-order valence-corrected chi connectivity index (χ0v) is 11.5. The second-order valence-electron chi connectivity index (χ2n) is 5.01. The molecule has 7 heteroatoms. The van der Waals surface area contributed by atoms with Gasteiger partial charge in [0.25, 0.3) is 0 Å². The van der Waals surface area contributed by atoms with Gasteiger partial charge in [-0.05, 0) is 12.0 Å². The summed E-state index contributed by atoms with van der Waals surface area (Å²) >= 11 is 0. The monoisotopic (exact) mass is 298 g/mol. The first kappa shape index (κ1) is 15.5. The van der Waals surface area contributed by atoms with Crippen molar-refractivity contribution in [3.63, 3.8) is 0 Å². The van der Waals surface area contributed by atoms with Gasteiger partial charge in [0.05, 0.1) is 0 Å². The Morgan fingerprint density at radius 3 is 2.52 bits per heavy atom. The summed E-state index contributed by atoms with van der Waals surface area (Å²) in [5.41, 5.74) is 1.23. The molecule has 0 bridgehead atoms. The van der Waals surface area contributed by atoms with Gasteiger partial charge < -0.3 is 22.6 Å². The number of rotatable bonds is 4. The first-order chi connectivity index (χ1) is 9.94. The quantitative estimate of drug-likeness (QED) is 0.625. The van der Waals surface area contributed by atoms with Crippen molar-refractivity contribution in [2.75, 3.05) is 13.1 Å². The number of hydrogen-bond donors (Lipinski definition) is 0. The third-order valence-corrected chi connectivity index (χ3v) is 3.26. The Hall–Kier alpha value is -1.92. The zero-order valence-electron chi connectivity index (χ0n) is 11.5. The maximum Gasteiger partial charge on any atom is 0.482 e. The summed E-state index contributed by atoms with van der Waals surface area (Å²) in [6.45, 7) is -4.20. The molecular formula is C14H16BF3NO2-. The summed E-state index contributed by atoms with van der Waals surface area (Å²) in [4.78, 5) is 13.2. The van der Waals surface area contributed by atoms with Crippen LogP contribution >= 0.6 is 0 Å². The fourth-order valence-electron chi connectivity index (χ4n) is 2.17. The van der Waals surface area contributed by atoms with Crippen molar-refractivity contribution in [3.8, 4) is 0 Å². The van der Waals surface area contributed by atoms with E-state index >= 15 is 0 Å². The molecule has 0 atom stereocenters. The van der Waals surface area contributed by atoms with Crippen LogP contribution in [0.15, 0.2) is 42.0 Å². The molecule has 0 aliphatic carbocycles. The third-order valence-electron chi connectivity index (χ3n) is 3.26. The molecule has 0 N–H and O–H groups in total. The second kappa shape index (κ2) is 6.69. The Bertz CT molecular complexity index is 517. The highest BCUT2D eigenvalue weighted by atomic mass is 19.4. The fraction of sp³-hybridized carbons (Fsp3) is 0.357. The highest BCUT2D eigenvalue weighted by Crippen LogP contribution is 2.25. The van der Waals surface area contributed by atoms with E-state index in [4.69, 9.17) is 4.74 Å². The van der Waals surface area contributed by atoms with Gasteiger partial charge in [-0.25, -0.2) is 4.79 Å². The Kier molecular flexibility index (Phi) is 4.93. The normalized spacial score (nSPS) is 15.6. The lowest BCUT2D eigenvalue weighted by atomic mass is 9.79. The van der Waals surface area contributed by atoms with Crippen LogP contribution in [0, 0.1) is 0 Å². The predicted octanol–water partition coefficient (Wildman–Crippen LogP) is 3.80. The van der Waals surface area contributed by atoms with Gasteiger partial charge in [0.2, 0.25) is 0 Å². The van der Waals surface area contributed by atoms with Crippen LogP contribution in [0.1, 0.15) is 12.0 Å². The number of carbonyl (C=O) groups excluding carboxylic acids is 1. The van der Waals surface area contributed by atoms with Gasteiger partial charge in [-0.15, -0.1) is 0 Å². The van der Waals surface area contributed by atoms with E-state index < -0.39 is 19.4 Å². The van der Waals surface area contributed by atoms with E-state index in [9.17, 15) is 17.7 Å². The molecule has 0 unspecified atom stereocenters. The lowest BCUT2D eigenvalue weighted by molar-refractivity contribution is 0.0990. The highest BCUT2D eigenvalue weighted by Gasteiger charge is 2.26. The largest absolute Gasteiger partial charge is 0.482 e. The van der Waals surface area contributed by atoms with Crippen LogP contribution in [0.25, 0.3) is 0 Å². The molecule has 0 fully saturated rings. The van der Waals surface area contributed by atoms with Gasteiger partial charge >= 0.3 is 13.1 Å². The van der Waals surface area contributed by atoms with E-state index in [-0.39, 0.29) is 26.1 Å². The van der Waals surface area contributed by atoms with Crippen LogP contribution in [0.4, 0.5) is 17.7 Å². The molecule has 0 spiro atoms. The molecule has 1 aliphatic heterocycles. The summed E-state index contributed by atoms with van der Waals surface area (Å²) in [6, 6.07) is 9.24. The molecule has 0 saturated carbocycles. The van der Waals surface area contributed by atoms with Gasteiger partial charge in [-0.1, -0.05) is 48.3 Å². The van der Waals surface area contributed by atoms with Gasteiger partial charge in [0.1, 0.15) is 6.61 Å². The van der Waals surface area contributed by atoms with Crippen LogP contribution in [0.5, 0.6) is 0 Å². The molecule has 3 nitrogen and oxygen atoms in total. The number of ether oxygens (including phenoxy) is 1. The minimum atomic E-state index is -4.81. The van der Waals surface area contributed by atoms with Gasteiger partial charge in [0, 0.05) is 13.1 Å². The van der Waals surface area contributed by atoms with Crippen molar-refractivity contribution in [2.24, 2.45) is 0 Å². The van der Waals surface area contributed by atoms with Crippen LogP contribution in [0.3, 0.4) is 0 Å². The zero-order chi connectivity index (χ0) is 15.3. The van der Waals surface area contributed by atoms with Gasteiger partial charge in [-0.3, -0.25) is 0 Å². The summed E-state index contributed by atoms with van der Waals surface area (Å²) in [6.07, 6.45) is 0.392. The molecular weight excluding hydrogens is 282 g/mol. The molecule has 0 saturated heterocycles. The number of benzene rings is 1. The maximum absolute atomic E-state index is 12.3. The first-order valence-corrected chi connectivity index (χ1v) is 6.78. The van der Waals surface area contributed by atoms with E-state index in [1.54, 1.807) is 0 Å². The average Bonchev–Trinajstić information content (AvgIpc) is 2.45. The van der Waals surface area contributed by atoms with Crippen molar-refractivity contribution in [2.45, 2.75) is 19.3 Å². The maximum atomic E-state index is 12.3. The Morgan fingerprint density at radius 2 is 1.95 bits per heavy atom. The van der Waals surface area contributed by atoms with E-state index in [0.717, 1.165) is 5.56 Å². The van der Waals surface area contributed by atoms with E-state index in [2.05, 4.69) is 0 Å². The van der Waals surface area contributed by atoms with Crippen molar-refractivity contribution in [3.05, 3.63) is 47.5 Å². The van der Waals surface area contributed by atoms with Crippen LogP contribution < -0.4 is 0 Å². The molecule has 0 aromatic heterocycles. The number of hydrogen-bond acceptors (Lipinski definition) is 2. The standard InChI is InChI=1S/C14H16BF3NO2/c16-15(17,18)10-12-6-8-19(9-7-12)14(20)21-11-13-4-2-1-3-5-13/h1-6H,7-11H2/q-1. The topological polar surface area (TPSA) is 29.5 Å². The molecule has 1 heterocycles. The molecule has 21 heavy (non-hydrogen) atoms. The number of nitrogens with zero attached hydrogens (tertiary/aromatic N) is 1. The van der Waals surface area contributed by atoms with Crippen LogP contribution in [0.2, 0.25) is 6.32 Å². The summed E-state index contributed by atoms with van der Waals surface area (Å²) in [7, 11) is 0. The Balaban J connectivity index is 1.80. The van der Waals surface area contributed by atoms with Crippen LogP contribution in [-0.2, 0) is 11.3 Å². The molecule has 1 aliphatic rings. The Labute approximate surface area is 121 Å². The number of carbonyl (C=O) groups is 1. The SMILES string of the molecule is O=C(OCc1ccccc1)N1CC=C(C[B-](F)(F)F)CC1. The third kappa shape index (κ3) is 5.17. The van der Waals surface area contributed by atoms with Crippen molar-refractivity contribution in [1.82, 2.24) is 4.90 Å². The lowest BCUT2D eigenvalue weighted by Crippen LogP contribution is -2.35. The predicted molar refractivity (Wildman–Crippen MR) is 74.8 cm³/mol. The Morgan fingerprint density at radius 1 is 1.24 bits per heavy atom. The van der Waals surface area contributed by atoms with Crippen LogP contribution in [-0.4, -0.2) is 31.1 Å². The molecule has 1 aromatic carbocycles. The minimum Gasteiger partial charge on any atom is -0.449 e. The average molecular weight is 298 g/mol. The summed E-state index contributed by atoms with van der Waals surface area (Å²) in [5.74, 6) is 0. The van der Waals surface area contributed by atoms with Crippen molar-refractivity contribution in [1.29, 1.82) is 0 Å². The highest BCUT2D eigenvalue weighted by molar-refractivity contribution is 6.59. The smallest absolute Gasteiger partial charge is 0.449 e. The number of halogens is 3. The molecule has 2 rings (SSSR count). The fourth-order valence-corrected chi connectivity index (χ4v) is 2.17. The van der Waals surface area contributed by atoms with E-state index in [0.29, 0.717) is 5.57 Å². The lowest BCUT2D eigenvalue weighted by Gasteiger charge is -2.27. The van der Waals surface area contributed by atoms with Crippen molar-refractivity contribution >= 4 is 13.1 Å². The van der Waals surface area contributed by atoms with Gasteiger partial charge in [0.15, 0.2) is 0 Å². The molecule has 1 aromatic rings.